The molecule has 0 saturated heterocycles. The number of fused-ring (bicyclic) bond motifs is 1. The van der Waals surface area contributed by atoms with Crippen molar-refractivity contribution in [3.63, 3.8) is 0 Å². The van der Waals surface area contributed by atoms with E-state index in [0.29, 0.717) is 15.9 Å². The largest absolute Gasteiger partial charge is 0.308 e. The second-order valence-corrected chi connectivity index (χ2v) is 5.57. The summed E-state index contributed by atoms with van der Waals surface area (Å²) in [5, 5.41) is 11.6. The van der Waals surface area contributed by atoms with Gasteiger partial charge in [0.2, 0.25) is 5.78 Å². The molecule has 2 aromatic heterocycles. The van der Waals surface area contributed by atoms with E-state index in [1.165, 1.54) is 29.0 Å². The van der Waals surface area contributed by atoms with Gasteiger partial charge in [0.25, 0.3) is 5.56 Å². The van der Waals surface area contributed by atoms with Crippen molar-refractivity contribution < 1.29 is 4.79 Å². The summed E-state index contributed by atoms with van der Waals surface area (Å²) < 4.78 is 0. The number of benzene rings is 1. The average Bonchev–Trinajstić information content (AvgIpc) is 3.01. The SMILES string of the molecule is N#C[C@@H](C(=O)c1cscn1)c1nc2cc(Cl)ccc2c(=O)[nH]1. The van der Waals surface area contributed by atoms with Gasteiger partial charge >= 0.3 is 0 Å². The topological polar surface area (TPSA) is 99.5 Å². The van der Waals surface area contributed by atoms with Crippen LogP contribution in [0.1, 0.15) is 22.2 Å². The molecule has 108 valence electrons. The summed E-state index contributed by atoms with van der Waals surface area (Å²) in [5.74, 6) is -1.74. The number of nitrogens with one attached hydrogen (secondary N) is 1. The number of carbonyl (C=O) groups is 1. The highest BCUT2D eigenvalue weighted by Crippen LogP contribution is 2.20. The van der Waals surface area contributed by atoms with Gasteiger partial charge in [-0.05, 0) is 18.2 Å². The molecular formula is C14H7ClN4O2S. The fourth-order valence-electron chi connectivity index (χ4n) is 1.99. The van der Waals surface area contributed by atoms with Crippen LogP contribution in [0.5, 0.6) is 0 Å². The summed E-state index contributed by atoms with van der Waals surface area (Å²) in [6.07, 6.45) is 0. The summed E-state index contributed by atoms with van der Waals surface area (Å²) >= 11 is 7.14. The smallest absolute Gasteiger partial charge is 0.258 e. The highest BCUT2D eigenvalue weighted by atomic mass is 35.5. The zero-order valence-corrected chi connectivity index (χ0v) is 12.5. The molecule has 0 bridgehead atoms. The Labute approximate surface area is 133 Å². The molecule has 0 amide bonds. The van der Waals surface area contributed by atoms with Crippen LogP contribution in [0.25, 0.3) is 10.9 Å². The number of carbonyl (C=O) groups excluding carboxylic acids is 1. The number of hydrogen-bond donors (Lipinski definition) is 1. The van der Waals surface area contributed by atoms with E-state index >= 15 is 0 Å². The maximum atomic E-state index is 12.3. The van der Waals surface area contributed by atoms with Crippen molar-refractivity contribution in [2.24, 2.45) is 0 Å². The lowest BCUT2D eigenvalue weighted by atomic mass is 10.0. The lowest BCUT2D eigenvalue weighted by Crippen LogP contribution is -2.20. The number of aromatic amines is 1. The zero-order valence-electron chi connectivity index (χ0n) is 10.9. The minimum absolute atomic E-state index is 0.0136. The maximum Gasteiger partial charge on any atom is 0.258 e. The molecule has 3 aromatic rings. The first-order valence-corrected chi connectivity index (χ1v) is 7.43. The van der Waals surface area contributed by atoms with Crippen molar-refractivity contribution in [2.75, 3.05) is 0 Å². The number of hydrogen-bond acceptors (Lipinski definition) is 6. The molecule has 0 unspecified atom stereocenters. The first-order valence-electron chi connectivity index (χ1n) is 6.11. The molecule has 0 spiro atoms. The first kappa shape index (κ1) is 14.4. The quantitative estimate of drug-likeness (QED) is 0.744. The molecule has 0 aliphatic carbocycles. The van der Waals surface area contributed by atoms with Crippen LogP contribution in [0.4, 0.5) is 0 Å². The van der Waals surface area contributed by atoms with Gasteiger partial charge in [0.1, 0.15) is 11.5 Å². The maximum absolute atomic E-state index is 12.3. The monoisotopic (exact) mass is 330 g/mol. The second kappa shape index (κ2) is 5.67. The molecule has 0 radical (unpaired) electrons. The van der Waals surface area contributed by atoms with Crippen LogP contribution in [0.2, 0.25) is 5.02 Å². The standard InChI is InChI=1S/C14H7ClN4O2S/c15-7-1-2-8-10(3-7)18-13(19-14(8)21)9(4-16)12(20)11-5-22-6-17-11/h1-3,5-6,9H,(H,18,19,21)/t9-/m0/s1. The van der Waals surface area contributed by atoms with E-state index in [0.717, 1.165) is 0 Å². The summed E-state index contributed by atoms with van der Waals surface area (Å²) in [5.41, 5.74) is 1.57. The Balaban J connectivity index is 2.14. The molecule has 8 heteroatoms. The van der Waals surface area contributed by atoms with Crippen LogP contribution in [0.15, 0.2) is 33.9 Å². The molecule has 6 nitrogen and oxygen atoms in total. The van der Waals surface area contributed by atoms with Crippen LogP contribution in [0.3, 0.4) is 0 Å². The van der Waals surface area contributed by atoms with Crippen LogP contribution in [-0.4, -0.2) is 20.7 Å². The van der Waals surface area contributed by atoms with E-state index in [9.17, 15) is 14.9 Å². The molecule has 22 heavy (non-hydrogen) atoms. The summed E-state index contributed by atoms with van der Waals surface area (Å²) in [7, 11) is 0. The second-order valence-electron chi connectivity index (χ2n) is 4.41. The Hall–Kier alpha value is -2.56. The zero-order chi connectivity index (χ0) is 15.7. The third-order valence-electron chi connectivity index (χ3n) is 3.04. The number of ketones is 1. The van der Waals surface area contributed by atoms with E-state index < -0.39 is 17.3 Å². The Bertz CT molecular complexity index is 959. The highest BCUT2D eigenvalue weighted by molar-refractivity contribution is 7.07. The molecule has 0 aliphatic heterocycles. The van der Waals surface area contributed by atoms with E-state index in [1.807, 2.05) is 6.07 Å². The van der Waals surface area contributed by atoms with Crippen LogP contribution < -0.4 is 5.56 Å². The number of Topliss-reactive ketones (excluding diaryl/α,β-unsaturated/α-hetero) is 1. The van der Waals surface area contributed by atoms with Crippen LogP contribution >= 0.6 is 22.9 Å². The molecule has 3 rings (SSSR count). The van der Waals surface area contributed by atoms with Crippen LogP contribution in [-0.2, 0) is 0 Å². The number of H-pyrrole nitrogens is 1. The minimum Gasteiger partial charge on any atom is -0.308 e. The van der Waals surface area contributed by atoms with Gasteiger partial charge in [0.15, 0.2) is 5.92 Å². The van der Waals surface area contributed by atoms with E-state index in [-0.39, 0.29) is 11.5 Å². The normalized spacial score (nSPS) is 12.0. The molecule has 1 atom stereocenters. The van der Waals surface area contributed by atoms with Gasteiger partial charge in [0.05, 0.1) is 22.5 Å². The van der Waals surface area contributed by atoms with Crippen molar-refractivity contribution >= 4 is 39.6 Å². The predicted octanol–water partition coefficient (Wildman–Crippen LogP) is 2.52. The Kier molecular flexibility index (Phi) is 3.71. The Morgan fingerprint density at radius 2 is 2.27 bits per heavy atom. The lowest BCUT2D eigenvalue weighted by Gasteiger charge is -2.07. The van der Waals surface area contributed by atoms with Gasteiger partial charge in [-0.2, -0.15) is 5.26 Å². The summed E-state index contributed by atoms with van der Waals surface area (Å²) in [6.45, 7) is 0. The van der Waals surface area contributed by atoms with Gasteiger partial charge in [-0.25, -0.2) is 9.97 Å². The first-order chi connectivity index (χ1) is 10.6. The van der Waals surface area contributed by atoms with Gasteiger partial charge in [-0.15, -0.1) is 11.3 Å². The van der Waals surface area contributed by atoms with E-state index in [2.05, 4.69) is 15.0 Å². The molecule has 1 aromatic carbocycles. The Morgan fingerprint density at radius 3 is 2.95 bits per heavy atom. The van der Waals surface area contributed by atoms with Gasteiger partial charge in [-0.1, -0.05) is 11.6 Å². The number of thiazole rings is 1. The molecular weight excluding hydrogens is 324 g/mol. The van der Waals surface area contributed by atoms with Gasteiger partial charge in [-0.3, -0.25) is 9.59 Å². The van der Waals surface area contributed by atoms with Crippen LogP contribution in [0, 0.1) is 11.3 Å². The fraction of sp³-hybridized carbons (Fsp3) is 0.0714. The number of aromatic nitrogens is 3. The number of nitrogens with zero attached hydrogens (tertiary/aromatic N) is 3. The lowest BCUT2D eigenvalue weighted by molar-refractivity contribution is 0.0972. The van der Waals surface area contributed by atoms with E-state index in [4.69, 9.17) is 11.6 Å². The van der Waals surface area contributed by atoms with Crippen molar-refractivity contribution in [3.05, 3.63) is 56.0 Å². The van der Waals surface area contributed by atoms with Crippen molar-refractivity contribution in [1.29, 1.82) is 5.26 Å². The number of rotatable bonds is 3. The summed E-state index contributed by atoms with van der Waals surface area (Å²) in [4.78, 5) is 34.9. The third-order valence-corrected chi connectivity index (χ3v) is 3.86. The Morgan fingerprint density at radius 1 is 1.45 bits per heavy atom. The number of nitriles is 1. The van der Waals surface area contributed by atoms with Crippen molar-refractivity contribution in [1.82, 2.24) is 15.0 Å². The van der Waals surface area contributed by atoms with Gasteiger partial charge < -0.3 is 4.98 Å². The third kappa shape index (κ3) is 2.50. The number of halogens is 1. The molecule has 1 N–H and O–H groups in total. The van der Waals surface area contributed by atoms with Gasteiger partial charge in [0, 0.05) is 10.4 Å². The molecule has 0 saturated carbocycles. The average molecular weight is 331 g/mol. The minimum atomic E-state index is -1.22. The highest BCUT2D eigenvalue weighted by Gasteiger charge is 2.26. The molecule has 0 fully saturated rings. The van der Waals surface area contributed by atoms with E-state index in [1.54, 1.807) is 11.4 Å². The van der Waals surface area contributed by atoms with Crippen molar-refractivity contribution in [2.45, 2.75) is 5.92 Å². The molecule has 2 heterocycles. The summed E-state index contributed by atoms with van der Waals surface area (Å²) in [6, 6.07) is 6.48. The fourth-order valence-corrected chi connectivity index (χ4v) is 2.70. The van der Waals surface area contributed by atoms with Crippen molar-refractivity contribution in [3.8, 4) is 6.07 Å². The molecule has 0 aliphatic rings. The predicted molar refractivity (Wildman–Crippen MR) is 82.2 cm³/mol.